The summed E-state index contributed by atoms with van der Waals surface area (Å²) < 4.78 is 12.5. The first kappa shape index (κ1) is 14.5. The molecule has 0 amide bonds. The quantitative estimate of drug-likeness (QED) is 0.798. The number of hydrogen-bond acceptors (Lipinski definition) is 4. The molecule has 1 aromatic carbocycles. The standard InChI is InChI=1S/C14H18ClN3O2/c1-19-13-9-14(20-2)12(8-11(13)15)17-4-3-6-18-7-5-16-10-18/h5,7-10,17H,3-4,6H2,1-2H3. The first-order chi connectivity index (χ1) is 9.74. The second-order valence-electron chi connectivity index (χ2n) is 4.27. The zero-order valence-corrected chi connectivity index (χ0v) is 12.4. The van der Waals surface area contributed by atoms with Crippen LogP contribution in [-0.2, 0) is 6.54 Å². The van der Waals surface area contributed by atoms with Crippen molar-refractivity contribution in [2.24, 2.45) is 0 Å². The van der Waals surface area contributed by atoms with Gasteiger partial charge in [0.25, 0.3) is 0 Å². The van der Waals surface area contributed by atoms with E-state index in [0.717, 1.165) is 25.2 Å². The summed E-state index contributed by atoms with van der Waals surface area (Å²) in [4.78, 5) is 4.01. The van der Waals surface area contributed by atoms with Crippen LogP contribution in [0.2, 0.25) is 5.02 Å². The average molecular weight is 296 g/mol. The van der Waals surface area contributed by atoms with Crippen LogP contribution in [0.4, 0.5) is 5.69 Å². The minimum absolute atomic E-state index is 0.561. The summed E-state index contributed by atoms with van der Waals surface area (Å²) >= 11 is 6.12. The molecule has 0 aliphatic heterocycles. The number of nitrogens with one attached hydrogen (secondary N) is 1. The van der Waals surface area contributed by atoms with Gasteiger partial charge in [0.15, 0.2) is 0 Å². The Balaban J connectivity index is 1.93. The van der Waals surface area contributed by atoms with Crippen molar-refractivity contribution in [3.05, 3.63) is 35.9 Å². The maximum atomic E-state index is 6.12. The Labute approximate surface area is 123 Å². The molecule has 1 aromatic heterocycles. The van der Waals surface area contributed by atoms with E-state index < -0.39 is 0 Å². The molecule has 0 aliphatic carbocycles. The third-order valence-corrected chi connectivity index (χ3v) is 3.24. The summed E-state index contributed by atoms with van der Waals surface area (Å²) in [5, 5.41) is 3.88. The number of ether oxygens (including phenoxy) is 2. The van der Waals surface area contributed by atoms with E-state index >= 15 is 0 Å². The van der Waals surface area contributed by atoms with Gasteiger partial charge in [-0.3, -0.25) is 0 Å². The maximum Gasteiger partial charge on any atom is 0.145 e. The first-order valence-corrected chi connectivity index (χ1v) is 6.73. The van der Waals surface area contributed by atoms with E-state index in [2.05, 4.69) is 10.3 Å². The molecule has 0 aliphatic rings. The van der Waals surface area contributed by atoms with Gasteiger partial charge < -0.3 is 19.4 Å². The van der Waals surface area contributed by atoms with Crippen molar-refractivity contribution in [2.75, 3.05) is 26.1 Å². The lowest BCUT2D eigenvalue weighted by Crippen LogP contribution is -2.07. The van der Waals surface area contributed by atoms with Crippen molar-refractivity contribution in [2.45, 2.75) is 13.0 Å². The van der Waals surface area contributed by atoms with Crippen LogP contribution < -0.4 is 14.8 Å². The molecular weight excluding hydrogens is 278 g/mol. The second kappa shape index (κ2) is 7.05. The number of rotatable bonds is 7. The Hall–Kier alpha value is -1.88. The van der Waals surface area contributed by atoms with Gasteiger partial charge in [0.2, 0.25) is 0 Å². The Morgan fingerprint density at radius 3 is 2.70 bits per heavy atom. The van der Waals surface area contributed by atoms with E-state index in [1.54, 1.807) is 26.5 Å². The molecule has 2 rings (SSSR count). The summed E-state index contributed by atoms with van der Waals surface area (Å²) in [6, 6.07) is 3.59. The minimum Gasteiger partial charge on any atom is -0.495 e. The molecule has 1 N–H and O–H groups in total. The van der Waals surface area contributed by atoms with E-state index in [4.69, 9.17) is 21.1 Å². The van der Waals surface area contributed by atoms with E-state index in [9.17, 15) is 0 Å². The van der Waals surface area contributed by atoms with Crippen molar-refractivity contribution in [1.82, 2.24) is 9.55 Å². The number of imidazole rings is 1. The zero-order valence-electron chi connectivity index (χ0n) is 11.6. The maximum absolute atomic E-state index is 6.12. The van der Waals surface area contributed by atoms with Crippen LogP contribution in [-0.4, -0.2) is 30.3 Å². The van der Waals surface area contributed by atoms with E-state index in [1.807, 2.05) is 23.2 Å². The van der Waals surface area contributed by atoms with Gasteiger partial charge >= 0.3 is 0 Å². The van der Waals surface area contributed by atoms with Gasteiger partial charge in [-0.05, 0) is 12.5 Å². The van der Waals surface area contributed by atoms with Crippen molar-refractivity contribution >= 4 is 17.3 Å². The Kier molecular flexibility index (Phi) is 5.12. The molecule has 0 atom stereocenters. The monoisotopic (exact) mass is 295 g/mol. The lowest BCUT2D eigenvalue weighted by molar-refractivity contribution is 0.395. The Bertz CT molecular complexity index is 544. The molecule has 0 unspecified atom stereocenters. The highest BCUT2D eigenvalue weighted by Gasteiger charge is 2.09. The third-order valence-electron chi connectivity index (χ3n) is 2.94. The highest BCUT2D eigenvalue weighted by molar-refractivity contribution is 6.32. The van der Waals surface area contributed by atoms with Gasteiger partial charge in [-0.15, -0.1) is 0 Å². The molecule has 6 heteroatoms. The lowest BCUT2D eigenvalue weighted by Gasteiger charge is -2.14. The number of methoxy groups -OCH3 is 2. The molecule has 2 aromatic rings. The number of aromatic nitrogens is 2. The van der Waals surface area contributed by atoms with Crippen LogP contribution >= 0.6 is 11.6 Å². The summed E-state index contributed by atoms with van der Waals surface area (Å²) in [6.07, 6.45) is 6.51. The van der Waals surface area contributed by atoms with Crippen LogP contribution in [0, 0.1) is 0 Å². The summed E-state index contributed by atoms with van der Waals surface area (Å²) in [5.74, 6) is 1.32. The van der Waals surface area contributed by atoms with Crippen LogP contribution in [0.1, 0.15) is 6.42 Å². The highest BCUT2D eigenvalue weighted by Crippen LogP contribution is 2.35. The fraction of sp³-hybridized carbons (Fsp3) is 0.357. The molecule has 0 saturated heterocycles. The molecule has 0 bridgehead atoms. The van der Waals surface area contributed by atoms with Crippen LogP contribution in [0.5, 0.6) is 11.5 Å². The molecule has 1 heterocycles. The van der Waals surface area contributed by atoms with Crippen LogP contribution in [0.3, 0.4) is 0 Å². The van der Waals surface area contributed by atoms with Crippen molar-refractivity contribution in [3.63, 3.8) is 0 Å². The zero-order chi connectivity index (χ0) is 14.4. The number of aryl methyl sites for hydroxylation is 1. The smallest absolute Gasteiger partial charge is 0.145 e. The van der Waals surface area contributed by atoms with Gasteiger partial charge in [-0.1, -0.05) is 11.6 Å². The molecule has 0 fully saturated rings. The molecule has 20 heavy (non-hydrogen) atoms. The average Bonchev–Trinajstić information content (AvgIpc) is 2.97. The molecule has 0 spiro atoms. The summed E-state index contributed by atoms with van der Waals surface area (Å²) in [5.41, 5.74) is 0.865. The molecule has 0 saturated carbocycles. The van der Waals surface area contributed by atoms with Gasteiger partial charge in [0.05, 0.1) is 31.3 Å². The minimum atomic E-state index is 0.561. The topological polar surface area (TPSA) is 48.3 Å². The van der Waals surface area contributed by atoms with Crippen LogP contribution in [0.15, 0.2) is 30.9 Å². The van der Waals surface area contributed by atoms with Crippen molar-refractivity contribution in [3.8, 4) is 11.5 Å². The van der Waals surface area contributed by atoms with Crippen molar-refractivity contribution in [1.29, 1.82) is 0 Å². The van der Waals surface area contributed by atoms with Crippen molar-refractivity contribution < 1.29 is 9.47 Å². The van der Waals surface area contributed by atoms with Gasteiger partial charge in [0.1, 0.15) is 11.5 Å². The SMILES string of the molecule is COc1cc(OC)c(NCCCn2ccnc2)cc1Cl. The molecule has 108 valence electrons. The number of nitrogens with zero attached hydrogens (tertiary/aromatic N) is 2. The van der Waals surface area contributed by atoms with Gasteiger partial charge in [-0.2, -0.15) is 0 Å². The Morgan fingerprint density at radius 1 is 1.25 bits per heavy atom. The van der Waals surface area contributed by atoms with Crippen LogP contribution in [0.25, 0.3) is 0 Å². The highest BCUT2D eigenvalue weighted by atomic mass is 35.5. The number of halogens is 1. The van der Waals surface area contributed by atoms with Gasteiger partial charge in [-0.25, -0.2) is 4.98 Å². The molecule has 5 nitrogen and oxygen atoms in total. The van der Waals surface area contributed by atoms with E-state index in [-0.39, 0.29) is 0 Å². The first-order valence-electron chi connectivity index (χ1n) is 6.35. The van der Waals surface area contributed by atoms with Gasteiger partial charge in [0, 0.05) is 31.5 Å². The fourth-order valence-electron chi connectivity index (χ4n) is 1.90. The summed E-state index contributed by atoms with van der Waals surface area (Å²) in [6.45, 7) is 1.73. The lowest BCUT2D eigenvalue weighted by atomic mass is 10.2. The van der Waals surface area contributed by atoms with E-state index in [1.165, 1.54) is 0 Å². The molecule has 0 radical (unpaired) electrons. The number of benzene rings is 1. The number of anilines is 1. The fourth-order valence-corrected chi connectivity index (χ4v) is 2.14. The number of hydrogen-bond donors (Lipinski definition) is 1. The predicted octanol–water partition coefficient (Wildman–Crippen LogP) is 3.06. The molecular formula is C14H18ClN3O2. The third kappa shape index (κ3) is 3.57. The second-order valence-corrected chi connectivity index (χ2v) is 4.68. The predicted molar refractivity (Wildman–Crippen MR) is 79.9 cm³/mol. The largest absolute Gasteiger partial charge is 0.495 e. The van der Waals surface area contributed by atoms with E-state index in [0.29, 0.717) is 16.5 Å². The summed E-state index contributed by atoms with van der Waals surface area (Å²) in [7, 11) is 3.21. The normalized spacial score (nSPS) is 10.3. The Morgan fingerprint density at radius 2 is 2.05 bits per heavy atom.